The molecular formula is C23H46N2O2. The molecule has 0 unspecified atom stereocenters. The zero-order chi connectivity index (χ0) is 19.4. The van der Waals surface area contributed by atoms with Gasteiger partial charge in [0.05, 0.1) is 6.61 Å². The summed E-state index contributed by atoms with van der Waals surface area (Å²) in [6.45, 7) is 4.74. The predicted octanol–water partition coefficient (Wildman–Crippen LogP) is 6.98. The van der Waals surface area contributed by atoms with Gasteiger partial charge in [0.2, 0.25) is 0 Å². The molecule has 0 saturated carbocycles. The van der Waals surface area contributed by atoms with E-state index in [4.69, 9.17) is 4.74 Å². The number of hydrogen-bond acceptors (Lipinski definition) is 3. The molecule has 0 aromatic carbocycles. The first-order valence-electron chi connectivity index (χ1n) is 12.0. The van der Waals surface area contributed by atoms with E-state index in [0.29, 0.717) is 6.61 Å². The molecule has 1 rings (SSSR count). The van der Waals surface area contributed by atoms with Crippen molar-refractivity contribution in [3.63, 3.8) is 0 Å². The number of carbonyl (C=O) groups excluding carboxylic acids is 1. The van der Waals surface area contributed by atoms with Crippen molar-refractivity contribution >= 4 is 6.09 Å². The van der Waals surface area contributed by atoms with Crippen LogP contribution in [0, 0.1) is 0 Å². The molecule has 0 bridgehead atoms. The summed E-state index contributed by atoms with van der Waals surface area (Å²) in [6, 6.07) is 0. The van der Waals surface area contributed by atoms with Crippen LogP contribution >= 0.6 is 0 Å². The van der Waals surface area contributed by atoms with Crippen LogP contribution in [0.3, 0.4) is 0 Å². The summed E-state index contributed by atoms with van der Waals surface area (Å²) in [5, 5.41) is 1.95. The summed E-state index contributed by atoms with van der Waals surface area (Å²) >= 11 is 0. The third-order valence-corrected chi connectivity index (χ3v) is 5.59. The average molecular weight is 383 g/mol. The molecule has 0 aromatic rings. The van der Waals surface area contributed by atoms with Gasteiger partial charge in [-0.05, 0) is 19.3 Å². The zero-order valence-corrected chi connectivity index (χ0v) is 18.1. The van der Waals surface area contributed by atoms with Crippen molar-refractivity contribution in [1.82, 2.24) is 10.4 Å². The van der Waals surface area contributed by atoms with E-state index in [1.165, 1.54) is 109 Å². The summed E-state index contributed by atoms with van der Waals surface area (Å²) < 4.78 is 5.23. The van der Waals surface area contributed by atoms with Crippen LogP contribution in [0.5, 0.6) is 0 Å². The molecule has 0 atom stereocenters. The van der Waals surface area contributed by atoms with E-state index < -0.39 is 0 Å². The Hall–Kier alpha value is -0.770. The molecule has 1 fully saturated rings. The maximum Gasteiger partial charge on any atom is 0.421 e. The maximum absolute atomic E-state index is 11.6. The summed E-state index contributed by atoms with van der Waals surface area (Å²) in [4.78, 5) is 11.6. The lowest BCUT2D eigenvalue weighted by atomic mass is 10.0. The Labute approximate surface area is 168 Å². The minimum absolute atomic E-state index is 0.280. The molecule has 1 saturated heterocycles. The predicted molar refractivity (Wildman–Crippen MR) is 115 cm³/mol. The van der Waals surface area contributed by atoms with Gasteiger partial charge < -0.3 is 4.74 Å². The van der Waals surface area contributed by atoms with Gasteiger partial charge in [-0.3, -0.25) is 5.43 Å². The Morgan fingerprint density at radius 2 is 1.11 bits per heavy atom. The van der Waals surface area contributed by atoms with Gasteiger partial charge in [-0.25, -0.2) is 9.80 Å². The summed E-state index contributed by atoms with van der Waals surface area (Å²) in [6.07, 6.45) is 23.8. The molecule has 1 aliphatic rings. The molecule has 1 aliphatic heterocycles. The van der Waals surface area contributed by atoms with Gasteiger partial charge >= 0.3 is 6.09 Å². The minimum Gasteiger partial charge on any atom is -0.449 e. The van der Waals surface area contributed by atoms with E-state index in [2.05, 4.69) is 12.3 Å². The molecule has 0 aromatic heterocycles. The van der Waals surface area contributed by atoms with Crippen molar-refractivity contribution < 1.29 is 9.53 Å². The molecule has 0 aliphatic carbocycles. The van der Waals surface area contributed by atoms with Gasteiger partial charge in [0.1, 0.15) is 0 Å². The monoisotopic (exact) mass is 382 g/mol. The van der Waals surface area contributed by atoms with Crippen LogP contribution in [-0.2, 0) is 4.74 Å². The van der Waals surface area contributed by atoms with Crippen molar-refractivity contribution in [3.05, 3.63) is 0 Å². The highest BCUT2D eigenvalue weighted by Crippen LogP contribution is 2.13. The first-order valence-corrected chi connectivity index (χ1v) is 12.0. The van der Waals surface area contributed by atoms with Crippen molar-refractivity contribution in [3.8, 4) is 0 Å². The number of ether oxygens (including phenoxy) is 1. The Morgan fingerprint density at radius 1 is 0.704 bits per heavy atom. The minimum atomic E-state index is -0.280. The second kappa shape index (κ2) is 18.6. The molecule has 27 heavy (non-hydrogen) atoms. The standard InChI is InChI=1S/C23H46N2O2/c1-2-3-4-5-6-7-8-9-10-11-12-13-14-15-16-19-22-27-23(26)24-25-20-17-18-21-25/h2-22H2,1H3,(H,24,26). The smallest absolute Gasteiger partial charge is 0.421 e. The Morgan fingerprint density at radius 3 is 1.56 bits per heavy atom. The SMILES string of the molecule is CCCCCCCCCCCCCCCCCCOC(=O)NN1CCCC1. The number of nitrogens with zero attached hydrogens (tertiary/aromatic N) is 1. The second-order valence-electron chi connectivity index (χ2n) is 8.25. The van der Waals surface area contributed by atoms with E-state index in [1.54, 1.807) is 0 Å². The lowest BCUT2D eigenvalue weighted by Crippen LogP contribution is -2.40. The van der Waals surface area contributed by atoms with Crippen LogP contribution in [0.15, 0.2) is 0 Å². The molecular weight excluding hydrogens is 336 g/mol. The second-order valence-corrected chi connectivity index (χ2v) is 8.25. The van der Waals surface area contributed by atoms with E-state index in [0.717, 1.165) is 19.5 Å². The van der Waals surface area contributed by atoms with Gasteiger partial charge in [-0.15, -0.1) is 0 Å². The summed E-state index contributed by atoms with van der Waals surface area (Å²) in [5.74, 6) is 0. The van der Waals surface area contributed by atoms with E-state index >= 15 is 0 Å². The fraction of sp³-hybridized carbons (Fsp3) is 0.957. The Balaban J connectivity index is 1.69. The van der Waals surface area contributed by atoms with E-state index in [9.17, 15) is 4.79 Å². The van der Waals surface area contributed by atoms with Crippen molar-refractivity contribution in [2.75, 3.05) is 19.7 Å². The summed E-state index contributed by atoms with van der Waals surface area (Å²) in [5.41, 5.74) is 2.81. The number of hydrazine groups is 1. The number of unbranched alkanes of at least 4 members (excludes halogenated alkanes) is 15. The quantitative estimate of drug-likeness (QED) is 0.260. The Kier molecular flexibility index (Phi) is 16.7. The fourth-order valence-electron chi connectivity index (χ4n) is 3.81. The summed E-state index contributed by atoms with van der Waals surface area (Å²) in [7, 11) is 0. The van der Waals surface area contributed by atoms with Crippen molar-refractivity contribution in [1.29, 1.82) is 0 Å². The number of nitrogens with one attached hydrogen (secondary N) is 1. The molecule has 1 N–H and O–H groups in total. The first-order chi connectivity index (χ1) is 13.3. The normalized spacial score (nSPS) is 14.6. The van der Waals surface area contributed by atoms with E-state index in [-0.39, 0.29) is 6.09 Å². The van der Waals surface area contributed by atoms with E-state index in [1.807, 2.05) is 5.01 Å². The van der Waals surface area contributed by atoms with Gasteiger partial charge in [0.15, 0.2) is 0 Å². The van der Waals surface area contributed by atoms with Crippen LogP contribution in [0.1, 0.15) is 122 Å². The number of hydrogen-bond donors (Lipinski definition) is 1. The van der Waals surface area contributed by atoms with Crippen LogP contribution in [-0.4, -0.2) is 30.8 Å². The number of carbonyl (C=O) groups is 1. The molecule has 1 amide bonds. The number of amides is 1. The zero-order valence-electron chi connectivity index (χ0n) is 18.1. The largest absolute Gasteiger partial charge is 0.449 e. The maximum atomic E-state index is 11.6. The molecule has 0 spiro atoms. The van der Waals surface area contributed by atoms with Crippen LogP contribution in [0.2, 0.25) is 0 Å². The van der Waals surface area contributed by atoms with Gasteiger partial charge in [-0.2, -0.15) is 0 Å². The van der Waals surface area contributed by atoms with Crippen LogP contribution in [0.25, 0.3) is 0 Å². The highest BCUT2D eigenvalue weighted by molar-refractivity contribution is 5.66. The van der Waals surface area contributed by atoms with Crippen LogP contribution < -0.4 is 5.43 Å². The molecule has 160 valence electrons. The van der Waals surface area contributed by atoms with Gasteiger partial charge in [0.25, 0.3) is 0 Å². The topological polar surface area (TPSA) is 41.6 Å². The van der Waals surface area contributed by atoms with Crippen molar-refractivity contribution in [2.24, 2.45) is 0 Å². The highest BCUT2D eigenvalue weighted by atomic mass is 16.6. The fourth-order valence-corrected chi connectivity index (χ4v) is 3.81. The highest BCUT2D eigenvalue weighted by Gasteiger charge is 2.14. The van der Waals surface area contributed by atoms with Gasteiger partial charge in [0, 0.05) is 13.1 Å². The molecule has 1 heterocycles. The van der Waals surface area contributed by atoms with Gasteiger partial charge in [-0.1, -0.05) is 103 Å². The third-order valence-electron chi connectivity index (χ3n) is 5.59. The first kappa shape index (κ1) is 24.3. The molecule has 4 heteroatoms. The molecule has 0 radical (unpaired) electrons. The number of rotatable bonds is 18. The lowest BCUT2D eigenvalue weighted by molar-refractivity contribution is 0.112. The third kappa shape index (κ3) is 15.9. The Bertz CT molecular complexity index is 330. The lowest BCUT2D eigenvalue weighted by Gasteiger charge is -2.15. The molecule has 4 nitrogen and oxygen atoms in total. The average Bonchev–Trinajstić information content (AvgIpc) is 3.17. The van der Waals surface area contributed by atoms with Crippen molar-refractivity contribution in [2.45, 2.75) is 122 Å². The van der Waals surface area contributed by atoms with Crippen LogP contribution in [0.4, 0.5) is 4.79 Å².